The van der Waals surface area contributed by atoms with Crippen molar-refractivity contribution in [1.29, 1.82) is 0 Å². The fourth-order valence-corrected chi connectivity index (χ4v) is 3.46. The molecule has 2 aliphatic heterocycles. The monoisotopic (exact) mass is 448 g/mol. The van der Waals surface area contributed by atoms with Gasteiger partial charge in [-0.15, -0.1) is 0 Å². The van der Waals surface area contributed by atoms with Gasteiger partial charge < -0.3 is 20.1 Å². The SMILES string of the molecule is CN(C=O)CC[C@@]1(C#Cc2ccc3c(c2)-n2nc(C(N)=O)c(C(F)(F)F)c2CCO3)CO1. The van der Waals surface area contributed by atoms with Crippen molar-refractivity contribution in [3.05, 3.63) is 40.7 Å². The van der Waals surface area contributed by atoms with Gasteiger partial charge >= 0.3 is 6.18 Å². The van der Waals surface area contributed by atoms with E-state index in [-0.39, 0.29) is 24.4 Å². The lowest BCUT2D eigenvalue weighted by Crippen LogP contribution is -2.22. The number of rotatable bonds is 5. The van der Waals surface area contributed by atoms with Crippen molar-refractivity contribution >= 4 is 12.3 Å². The number of nitrogens with two attached hydrogens (primary N) is 1. The summed E-state index contributed by atoms with van der Waals surface area (Å²) in [6, 6.07) is 4.81. The molecule has 0 bridgehead atoms. The van der Waals surface area contributed by atoms with Gasteiger partial charge in [-0.25, -0.2) is 4.68 Å². The minimum absolute atomic E-state index is 0.0216. The molecule has 168 valence electrons. The maximum atomic E-state index is 13.7. The number of nitrogens with zero attached hydrogens (tertiary/aromatic N) is 3. The van der Waals surface area contributed by atoms with Crippen molar-refractivity contribution < 1.29 is 32.2 Å². The van der Waals surface area contributed by atoms with Gasteiger partial charge in [-0.2, -0.15) is 18.3 Å². The average Bonchev–Trinajstić information content (AvgIpc) is 3.44. The van der Waals surface area contributed by atoms with Crippen LogP contribution >= 0.6 is 0 Å². The molecule has 0 saturated carbocycles. The van der Waals surface area contributed by atoms with Crippen LogP contribution in [0.4, 0.5) is 13.2 Å². The number of aromatic nitrogens is 2. The van der Waals surface area contributed by atoms with E-state index < -0.39 is 28.9 Å². The third kappa shape index (κ3) is 4.13. The molecule has 0 unspecified atom stereocenters. The summed E-state index contributed by atoms with van der Waals surface area (Å²) in [5.41, 5.74) is 3.07. The third-order valence-corrected chi connectivity index (χ3v) is 5.26. The second-order valence-corrected chi connectivity index (χ2v) is 7.59. The second kappa shape index (κ2) is 7.87. The Kier molecular flexibility index (Phi) is 5.34. The Hall–Kier alpha value is -3.52. The zero-order valence-electron chi connectivity index (χ0n) is 17.0. The Balaban J connectivity index is 1.72. The van der Waals surface area contributed by atoms with Crippen LogP contribution in [0.25, 0.3) is 5.69 Å². The summed E-state index contributed by atoms with van der Waals surface area (Å²) in [5.74, 6) is 5.06. The first-order valence-corrected chi connectivity index (χ1v) is 9.72. The summed E-state index contributed by atoms with van der Waals surface area (Å²) < 4.78 is 53.1. The number of halogens is 3. The van der Waals surface area contributed by atoms with E-state index >= 15 is 0 Å². The molecule has 11 heteroatoms. The predicted molar refractivity (Wildman–Crippen MR) is 105 cm³/mol. The van der Waals surface area contributed by atoms with Gasteiger partial charge in [0.25, 0.3) is 5.91 Å². The summed E-state index contributed by atoms with van der Waals surface area (Å²) in [6.07, 6.45) is -3.66. The lowest BCUT2D eigenvalue weighted by Gasteiger charge is -2.11. The first kappa shape index (κ1) is 21.7. The lowest BCUT2D eigenvalue weighted by atomic mass is 10.1. The number of fused-ring (bicyclic) bond motifs is 3. The van der Waals surface area contributed by atoms with Crippen LogP contribution in [0.2, 0.25) is 0 Å². The minimum atomic E-state index is -4.80. The standard InChI is InChI=1S/C21H19F3N4O4/c1-27(12-29)8-7-20(11-32-20)6-4-13-2-3-16-15(10-13)28-14(5-9-31-16)17(21(22,23)24)18(26-28)19(25)30/h2-3,10,12H,5,7-9,11H2,1H3,(H2,25,30)/t20-/m0/s1. The number of carbonyl (C=O) groups is 2. The van der Waals surface area contributed by atoms with E-state index in [9.17, 15) is 22.8 Å². The topological polar surface area (TPSA) is 103 Å². The van der Waals surface area contributed by atoms with E-state index in [2.05, 4.69) is 16.9 Å². The van der Waals surface area contributed by atoms with Gasteiger partial charge in [0.05, 0.1) is 18.9 Å². The van der Waals surface area contributed by atoms with E-state index in [1.54, 1.807) is 25.2 Å². The van der Waals surface area contributed by atoms with E-state index in [0.717, 1.165) is 4.68 Å². The maximum absolute atomic E-state index is 13.7. The van der Waals surface area contributed by atoms with Gasteiger partial charge in [-0.05, 0) is 18.2 Å². The molecule has 8 nitrogen and oxygen atoms in total. The molecule has 32 heavy (non-hydrogen) atoms. The van der Waals surface area contributed by atoms with Gasteiger partial charge in [0, 0.05) is 32.0 Å². The van der Waals surface area contributed by atoms with Crippen molar-refractivity contribution in [2.24, 2.45) is 5.73 Å². The summed E-state index contributed by atoms with van der Waals surface area (Å²) in [7, 11) is 1.65. The first-order valence-electron chi connectivity index (χ1n) is 9.72. The van der Waals surface area contributed by atoms with Gasteiger partial charge in [0.2, 0.25) is 6.41 Å². The summed E-state index contributed by atoms with van der Waals surface area (Å²) >= 11 is 0. The number of amides is 2. The zero-order chi connectivity index (χ0) is 23.1. The molecule has 4 rings (SSSR count). The molecule has 1 atom stereocenters. The van der Waals surface area contributed by atoms with Crippen LogP contribution in [-0.4, -0.2) is 59.4 Å². The second-order valence-electron chi connectivity index (χ2n) is 7.59. The fourth-order valence-electron chi connectivity index (χ4n) is 3.46. The molecule has 1 saturated heterocycles. The van der Waals surface area contributed by atoms with Crippen LogP contribution in [0.1, 0.15) is 33.7 Å². The van der Waals surface area contributed by atoms with Gasteiger partial charge in [-0.1, -0.05) is 11.8 Å². The molecule has 1 aromatic carbocycles. The number of hydrogen-bond acceptors (Lipinski definition) is 5. The fraction of sp³-hybridized carbons (Fsp3) is 0.381. The quantitative estimate of drug-likeness (QED) is 0.425. The van der Waals surface area contributed by atoms with E-state index in [1.165, 1.54) is 4.90 Å². The van der Waals surface area contributed by atoms with Crippen LogP contribution in [-0.2, 0) is 22.1 Å². The van der Waals surface area contributed by atoms with E-state index in [1.807, 2.05) is 0 Å². The zero-order valence-corrected chi connectivity index (χ0v) is 17.0. The van der Waals surface area contributed by atoms with E-state index in [0.29, 0.717) is 37.3 Å². The van der Waals surface area contributed by atoms with Gasteiger partial charge in [0.1, 0.15) is 17.0 Å². The minimum Gasteiger partial charge on any atom is -0.491 e. The largest absolute Gasteiger partial charge is 0.491 e. The molecule has 2 N–H and O–H groups in total. The number of carbonyl (C=O) groups excluding carboxylic acids is 2. The number of primary amides is 1. The summed E-state index contributed by atoms with van der Waals surface area (Å²) in [4.78, 5) is 23.9. The lowest BCUT2D eigenvalue weighted by molar-refractivity contribution is -0.138. The molecule has 0 spiro atoms. The Labute approximate surface area is 181 Å². The molecule has 2 amide bonds. The van der Waals surface area contributed by atoms with Gasteiger partial charge in [-0.3, -0.25) is 9.59 Å². The molecule has 1 aromatic heterocycles. The third-order valence-electron chi connectivity index (χ3n) is 5.26. The highest BCUT2D eigenvalue weighted by molar-refractivity contribution is 5.93. The average molecular weight is 448 g/mol. The number of epoxide rings is 1. The Morgan fingerprint density at radius 2 is 2.19 bits per heavy atom. The van der Waals surface area contributed by atoms with Crippen molar-refractivity contribution in [3.8, 4) is 23.3 Å². The molecule has 1 fully saturated rings. The van der Waals surface area contributed by atoms with Crippen molar-refractivity contribution in [2.45, 2.75) is 24.6 Å². The molecule has 0 radical (unpaired) electrons. The number of ether oxygens (including phenoxy) is 2. The number of benzene rings is 1. The maximum Gasteiger partial charge on any atom is 0.420 e. The van der Waals surface area contributed by atoms with Crippen LogP contribution < -0.4 is 10.5 Å². The molecule has 2 aromatic rings. The molecule has 0 aliphatic carbocycles. The Morgan fingerprint density at radius 1 is 1.44 bits per heavy atom. The highest BCUT2D eigenvalue weighted by Crippen LogP contribution is 2.38. The smallest absolute Gasteiger partial charge is 0.420 e. The van der Waals surface area contributed by atoms with Crippen LogP contribution in [0.5, 0.6) is 5.75 Å². The molecule has 3 heterocycles. The summed E-state index contributed by atoms with van der Waals surface area (Å²) in [6.45, 7) is 0.885. The Morgan fingerprint density at radius 3 is 2.81 bits per heavy atom. The van der Waals surface area contributed by atoms with Crippen LogP contribution in [0, 0.1) is 11.8 Å². The number of alkyl halides is 3. The molecule has 2 aliphatic rings. The van der Waals surface area contributed by atoms with Crippen LogP contribution in [0.3, 0.4) is 0 Å². The van der Waals surface area contributed by atoms with Crippen molar-refractivity contribution in [2.75, 3.05) is 26.8 Å². The normalized spacial score (nSPS) is 18.9. The molecular weight excluding hydrogens is 429 g/mol. The predicted octanol–water partition coefficient (Wildman–Crippen LogP) is 1.52. The Bertz CT molecular complexity index is 1140. The van der Waals surface area contributed by atoms with E-state index in [4.69, 9.17) is 15.2 Å². The van der Waals surface area contributed by atoms with Crippen molar-refractivity contribution in [1.82, 2.24) is 14.7 Å². The van der Waals surface area contributed by atoms with Crippen molar-refractivity contribution in [3.63, 3.8) is 0 Å². The summed E-state index contributed by atoms with van der Waals surface area (Å²) in [5, 5.41) is 3.87. The first-order chi connectivity index (χ1) is 15.1. The molecular formula is C21H19F3N4O4. The van der Waals surface area contributed by atoms with Crippen LogP contribution in [0.15, 0.2) is 18.2 Å². The van der Waals surface area contributed by atoms with Gasteiger partial charge in [0.15, 0.2) is 11.3 Å². The number of hydrogen-bond donors (Lipinski definition) is 1. The highest BCUT2D eigenvalue weighted by Gasteiger charge is 2.43. The highest BCUT2D eigenvalue weighted by atomic mass is 19.4.